The van der Waals surface area contributed by atoms with Gasteiger partial charge < -0.3 is 9.30 Å². The summed E-state index contributed by atoms with van der Waals surface area (Å²) in [7, 11) is 3.75. The van der Waals surface area contributed by atoms with Crippen LogP contribution in [0, 0.1) is 0 Å². The van der Waals surface area contributed by atoms with Crippen LogP contribution in [0.2, 0.25) is 0 Å². The molecule has 1 amide bonds. The number of hydrogen-bond donors (Lipinski definition) is 0. The van der Waals surface area contributed by atoms with Gasteiger partial charge in [-0.1, -0.05) is 0 Å². The Labute approximate surface area is 129 Å². The first-order valence-corrected chi connectivity index (χ1v) is 7.29. The van der Waals surface area contributed by atoms with Gasteiger partial charge >= 0.3 is 0 Å². The number of nitrogens with zero attached hydrogens (tertiary/aromatic N) is 5. The first-order valence-electron chi connectivity index (χ1n) is 7.29. The fourth-order valence-corrected chi connectivity index (χ4v) is 2.49. The van der Waals surface area contributed by atoms with E-state index >= 15 is 0 Å². The van der Waals surface area contributed by atoms with Gasteiger partial charge in [0.1, 0.15) is 5.65 Å². The summed E-state index contributed by atoms with van der Waals surface area (Å²) in [5.41, 5.74) is 2.72. The van der Waals surface area contributed by atoms with Gasteiger partial charge in [0.2, 0.25) is 0 Å². The number of fused-ring (bicyclic) bond motifs is 1. The Morgan fingerprint density at radius 1 is 1.32 bits per heavy atom. The lowest BCUT2D eigenvalue weighted by atomic mass is 10.2. The van der Waals surface area contributed by atoms with Crippen LogP contribution in [0.15, 0.2) is 43.1 Å². The zero-order chi connectivity index (χ0) is 15.5. The Morgan fingerprint density at radius 2 is 2.18 bits per heavy atom. The predicted octanol–water partition coefficient (Wildman–Crippen LogP) is 1.77. The maximum absolute atomic E-state index is 12.4. The average molecular weight is 297 g/mol. The summed E-state index contributed by atoms with van der Waals surface area (Å²) < 4.78 is 3.65. The fourth-order valence-electron chi connectivity index (χ4n) is 2.49. The Morgan fingerprint density at radius 3 is 2.95 bits per heavy atom. The van der Waals surface area contributed by atoms with Crippen molar-refractivity contribution in [1.82, 2.24) is 24.1 Å². The summed E-state index contributed by atoms with van der Waals surface area (Å²) in [6, 6.07) is 3.68. The second-order valence-electron chi connectivity index (χ2n) is 5.46. The van der Waals surface area contributed by atoms with Gasteiger partial charge in [-0.05, 0) is 30.5 Å². The van der Waals surface area contributed by atoms with Gasteiger partial charge in [0.05, 0.1) is 11.8 Å². The molecule has 0 saturated carbocycles. The molecular formula is C16H19N5O. The van der Waals surface area contributed by atoms with Crippen molar-refractivity contribution in [3.8, 4) is 0 Å². The van der Waals surface area contributed by atoms with Crippen molar-refractivity contribution in [2.45, 2.75) is 12.8 Å². The molecule has 3 heterocycles. The van der Waals surface area contributed by atoms with Crippen molar-refractivity contribution < 1.29 is 4.79 Å². The van der Waals surface area contributed by atoms with Crippen molar-refractivity contribution in [3.05, 3.63) is 54.2 Å². The molecule has 3 rings (SSSR count). The maximum Gasteiger partial charge on any atom is 0.255 e. The minimum absolute atomic E-state index is 0.0294. The molecule has 0 aromatic carbocycles. The molecule has 6 heteroatoms. The number of amides is 1. The van der Waals surface area contributed by atoms with Crippen molar-refractivity contribution in [1.29, 1.82) is 0 Å². The number of rotatable bonds is 5. The summed E-state index contributed by atoms with van der Waals surface area (Å²) in [6.45, 7) is 0.718. The van der Waals surface area contributed by atoms with E-state index in [0.29, 0.717) is 5.56 Å². The number of carbonyl (C=O) groups is 1. The van der Waals surface area contributed by atoms with E-state index < -0.39 is 0 Å². The largest absolute Gasteiger partial charge is 0.342 e. The number of aryl methyl sites for hydroxylation is 2. The number of aromatic nitrogens is 4. The van der Waals surface area contributed by atoms with Gasteiger partial charge in [0, 0.05) is 45.4 Å². The average Bonchev–Trinajstić information content (AvgIpc) is 3.14. The Hall–Kier alpha value is -2.63. The first-order chi connectivity index (χ1) is 10.6. The molecule has 0 atom stereocenters. The van der Waals surface area contributed by atoms with Crippen molar-refractivity contribution in [3.63, 3.8) is 0 Å². The van der Waals surface area contributed by atoms with Gasteiger partial charge in [-0.3, -0.25) is 9.48 Å². The highest BCUT2D eigenvalue weighted by molar-refractivity contribution is 5.94. The number of carbonyl (C=O) groups excluding carboxylic acids is 1. The standard InChI is InChI=1S/C16H19N5O/c1-19(8-3-4-13-10-18-20(2)11-13)16(22)14-5-6-15-17-7-9-21(15)12-14/h5-7,9-12H,3-4,8H2,1-2H3. The third-order valence-electron chi connectivity index (χ3n) is 3.70. The lowest BCUT2D eigenvalue weighted by Gasteiger charge is -2.17. The molecule has 0 radical (unpaired) electrons. The van der Waals surface area contributed by atoms with E-state index in [0.717, 1.165) is 25.0 Å². The molecule has 0 bridgehead atoms. The summed E-state index contributed by atoms with van der Waals surface area (Å²) in [4.78, 5) is 18.4. The normalized spacial score (nSPS) is 11.0. The van der Waals surface area contributed by atoms with E-state index in [1.54, 1.807) is 15.8 Å². The van der Waals surface area contributed by atoms with Crippen LogP contribution in [-0.4, -0.2) is 43.6 Å². The molecule has 22 heavy (non-hydrogen) atoms. The molecule has 0 spiro atoms. The SMILES string of the molecule is CN(CCCc1cnn(C)c1)C(=O)c1ccc2nccn2c1. The van der Waals surface area contributed by atoms with Crippen LogP contribution < -0.4 is 0 Å². The van der Waals surface area contributed by atoms with Crippen LogP contribution >= 0.6 is 0 Å². The van der Waals surface area contributed by atoms with Crippen LogP contribution in [0.25, 0.3) is 5.65 Å². The zero-order valence-electron chi connectivity index (χ0n) is 12.8. The molecule has 114 valence electrons. The van der Waals surface area contributed by atoms with E-state index in [1.165, 1.54) is 5.56 Å². The topological polar surface area (TPSA) is 55.4 Å². The van der Waals surface area contributed by atoms with Gasteiger partial charge in [0.15, 0.2) is 0 Å². The van der Waals surface area contributed by atoms with Gasteiger partial charge in [0.25, 0.3) is 5.91 Å². The van der Waals surface area contributed by atoms with Gasteiger partial charge in [-0.25, -0.2) is 4.98 Å². The first kappa shape index (κ1) is 14.3. The van der Waals surface area contributed by atoms with Crippen molar-refractivity contribution in [2.75, 3.05) is 13.6 Å². The minimum atomic E-state index is 0.0294. The Balaban J connectivity index is 1.58. The molecular weight excluding hydrogens is 278 g/mol. The second-order valence-corrected chi connectivity index (χ2v) is 5.46. The monoisotopic (exact) mass is 297 g/mol. The van der Waals surface area contributed by atoms with Crippen molar-refractivity contribution in [2.24, 2.45) is 7.05 Å². The predicted molar refractivity (Wildman–Crippen MR) is 83.7 cm³/mol. The third kappa shape index (κ3) is 3.00. The molecule has 0 N–H and O–H groups in total. The summed E-state index contributed by atoms with van der Waals surface area (Å²) in [5, 5.41) is 4.15. The lowest BCUT2D eigenvalue weighted by Crippen LogP contribution is -2.28. The summed E-state index contributed by atoms with van der Waals surface area (Å²) in [6.07, 6.45) is 11.1. The quantitative estimate of drug-likeness (QED) is 0.721. The molecule has 3 aromatic rings. The highest BCUT2D eigenvalue weighted by Crippen LogP contribution is 2.08. The van der Waals surface area contributed by atoms with Gasteiger partial charge in [-0.15, -0.1) is 0 Å². The van der Waals surface area contributed by atoms with E-state index in [1.807, 2.05) is 55.4 Å². The molecule has 0 aliphatic rings. The smallest absolute Gasteiger partial charge is 0.255 e. The lowest BCUT2D eigenvalue weighted by molar-refractivity contribution is 0.0793. The van der Waals surface area contributed by atoms with Crippen LogP contribution in [0.1, 0.15) is 22.3 Å². The van der Waals surface area contributed by atoms with E-state index in [-0.39, 0.29) is 5.91 Å². The highest BCUT2D eigenvalue weighted by Gasteiger charge is 2.12. The fraction of sp³-hybridized carbons (Fsp3) is 0.312. The molecule has 0 aliphatic carbocycles. The van der Waals surface area contributed by atoms with Crippen molar-refractivity contribution >= 4 is 11.6 Å². The zero-order valence-corrected chi connectivity index (χ0v) is 12.8. The molecule has 0 saturated heterocycles. The molecule has 0 unspecified atom stereocenters. The van der Waals surface area contributed by atoms with Crippen LogP contribution in [0.4, 0.5) is 0 Å². The van der Waals surface area contributed by atoms with Crippen LogP contribution in [0.3, 0.4) is 0 Å². The Bertz CT molecular complexity index is 789. The number of pyridine rings is 1. The minimum Gasteiger partial charge on any atom is -0.342 e. The third-order valence-corrected chi connectivity index (χ3v) is 3.70. The van der Waals surface area contributed by atoms with E-state index in [9.17, 15) is 4.79 Å². The second kappa shape index (κ2) is 6.01. The van der Waals surface area contributed by atoms with Crippen LogP contribution in [-0.2, 0) is 13.5 Å². The summed E-state index contributed by atoms with van der Waals surface area (Å²) in [5.74, 6) is 0.0294. The molecule has 0 aliphatic heterocycles. The van der Waals surface area contributed by atoms with Gasteiger partial charge in [-0.2, -0.15) is 5.10 Å². The maximum atomic E-state index is 12.4. The summed E-state index contributed by atoms with van der Waals surface area (Å²) >= 11 is 0. The molecule has 0 fully saturated rings. The molecule has 3 aromatic heterocycles. The highest BCUT2D eigenvalue weighted by atomic mass is 16.2. The van der Waals surface area contributed by atoms with E-state index in [4.69, 9.17) is 0 Å². The number of imidazole rings is 1. The number of hydrogen-bond acceptors (Lipinski definition) is 3. The van der Waals surface area contributed by atoms with Crippen LogP contribution in [0.5, 0.6) is 0 Å². The molecule has 6 nitrogen and oxygen atoms in total. The Kier molecular flexibility index (Phi) is 3.91. The van der Waals surface area contributed by atoms with E-state index in [2.05, 4.69) is 10.1 Å².